The molecule has 0 aromatic heterocycles. The Morgan fingerprint density at radius 3 is 2.10 bits per heavy atom. The van der Waals surface area contributed by atoms with E-state index in [1.165, 1.54) is 20.3 Å². The second-order valence-electron chi connectivity index (χ2n) is 9.14. The minimum atomic E-state index is -1.82. The number of hydrogen-bond donors (Lipinski definition) is 7. The molecule has 1 aromatic carbocycles. The van der Waals surface area contributed by atoms with Gasteiger partial charge in [-0.25, -0.2) is 0 Å². The van der Waals surface area contributed by atoms with Crippen molar-refractivity contribution in [2.24, 2.45) is 0 Å². The molecule has 40 heavy (non-hydrogen) atoms. The molecule has 7 N–H and O–H groups in total. The van der Waals surface area contributed by atoms with Crippen molar-refractivity contribution in [3.63, 3.8) is 0 Å². The van der Waals surface area contributed by atoms with Crippen LogP contribution >= 0.6 is 0 Å². The van der Waals surface area contributed by atoms with E-state index in [2.05, 4.69) is 5.32 Å². The van der Waals surface area contributed by atoms with Gasteiger partial charge in [0.15, 0.2) is 24.1 Å². The van der Waals surface area contributed by atoms with Crippen LogP contribution in [0.15, 0.2) is 12.1 Å². The van der Waals surface area contributed by atoms with Gasteiger partial charge in [0, 0.05) is 6.92 Å². The number of nitro groups is 1. The van der Waals surface area contributed by atoms with E-state index in [-0.39, 0.29) is 22.7 Å². The van der Waals surface area contributed by atoms with Crippen LogP contribution in [0.4, 0.5) is 5.69 Å². The van der Waals surface area contributed by atoms with Gasteiger partial charge in [0.25, 0.3) is 5.69 Å². The number of carbonyl (C=O) groups is 1. The number of ether oxygens (including phenoxy) is 6. The highest BCUT2D eigenvalue weighted by atomic mass is 16.7. The van der Waals surface area contributed by atoms with Crippen molar-refractivity contribution in [1.82, 2.24) is 5.32 Å². The van der Waals surface area contributed by atoms with Crippen molar-refractivity contribution in [3.8, 4) is 11.5 Å². The Hall–Kier alpha value is -2.71. The molecule has 2 saturated heterocycles. The molecule has 2 aliphatic rings. The van der Waals surface area contributed by atoms with E-state index in [1.54, 1.807) is 0 Å². The van der Waals surface area contributed by atoms with E-state index in [0.29, 0.717) is 0 Å². The maximum Gasteiger partial charge on any atom is 0.278 e. The Labute approximate surface area is 227 Å². The highest BCUT2D eigenvalue weighted by Gasteiger charge is 2.51. The summed E-state index contributed by atoms with van der Waals surface area (Å²) < 4.78 is 32.7. The number of carbonyl (C=O) groups excluding carboxylic acids is 1. The molecule has 0 unspecified atom stereocenters. The second kappa shape index (κ2) is 13.8. The number of hydrogen-bond acceptors (Lipinski definition) is 15. The molecule has 2 aliphatic heterocycles. The van der Waals surface area contributed by atoms with Gasteiger partial charge in [0.05, 0.1) is 50.6 Å². The first-order valence-corrected chi connectivity index (χ1v) is 12.2. The fourth-order valence-corrected chi connectivity index (χ4v) is 4.47. The molecule has 0 spiro atoms. The summed E-state index contributed by atoms with van der Waals surface area (Å²) in [6.45, 7) is -0.804. The van der Waals surface area contributed by atoms with Crippen LogP contribution in [0.1, 0.15) is 12.5 Å². The van der Waals surface area contributed by atoms with Crippen LogP contribution in [-0.4, -0.2) is 130 Å². The van der Waals surface area contributed by atoms with Crippen molar-refractivity contribution in [3.05, 3.63) is 27.8 Å². The van der Waals surface area contributed by atoms with E-state index in [1.807, 2.05) is 0 Å². The molecule has 1 aromatic rings. The number of methoxy groups -OCH3 is 2. The third kappa shape index (κ3) is 6.77. The lowest BCUT2D eigenvalue weighted by atomic mass is 9.95. The zero-order valence-corrected chi connectivity index (χ0v) is 21.9. The molecule has 0 saturated carbocycles. The molecule has 2 fully saturated rings. The van der Waals surface area contributed by atoms with Crippen LogP contribution in [0.2, 0.25) is 0 Å². The van der Waals surface area contributed by atoms with Gasteiger partial charge in [-0.1, -0.05) is 0 Å². The first kappa shape index (κ1) is 31.8. The Kier molecular flexibility index (Phi) is 11.0. The molecule has 3 rings (SSSR count). The molecule has 0 aliphatic carbocycles. The van der Waals surface area contributed by atoms with Gasteiger partial charge in [-0.15, -0.1) is 0 Å². The Morgan fingerprint density at radius 1 is 0.950 bits per heavy atom. The van der Waals surface area contributed by atoms with Gasteiger partial charge in [-0.3, -0.25) is 14.9 Å². The van der Waals surface area contributed by atoms with Crippen molar-refractivity contribution in [2.45, 2.75) is 74.9 Å². The maximum atomic E-state index is 11.9. The van der Waals surface area contributed by atoms with Crippen molar-refractivity contribution >= 4 is 11.6 Å². The third-order valence-electron chi connectivity index (χ3n) is 6.55. The Bertz CT molecular complexity index is 1030. The summed E-state index contributed by atoms with van der Waals surface area (Å²) in [7, 11) is 2.65. The van der Waals surface area contributed by atoms with Crippen LogP contribution in [0.25, 0.3) is 0 Å². The average molecular weight is 579 g/mol. The van der Waals surface area contributed by atoms with Gasteiger partial charge in [0.1, 0.15) is 48.8 Å². The molecule has 10 atom stereocenters. The quantitative estimate of drug-likeness (QED) is 0.101. The summed E-state index contributed by atoms with van der Waals surface area (Å²) in [6.07, 6.45) is -14.2. The van der Waals surface area contributed by atoms with Crippen molar-refractivity contribution < 1.29 is 68.8 Å². The Balaban J connectivity index is 1.84. The lowest BCUT2D eigenvalue weighted by Gasteiger charge is -2.47. The second-order valence-corrected chi connectivity index (χ2v) is 9.14. The predicted molar refractivity (Wildman–Crippen MR) is 129 cm³/mol. The highest BCUT2D eigenvalue weighted by molar-refractivity contribution is 5.73. The van der Waals surface area contributed by atoms with Gasteiger partial charge in [-0.05, 0) is 6.07 Å². The molecule has 226 valence electrons. The fraction of sp³-hybridized carbons (Fsp3) is 0.696. The van der Waals surface area contributed by atoms with Crippen LogP contribution in [0, 0.1) is 10.1 Å². The minimum Gasteiger partial charge on any atom is -0.493 e. The number of aliphatic hydroxyl groups excluding tert-OH is 6. The number of amides is 1. The van der Waals surface area contributed by atoms with Crippen LogP contribution in [0.5, 0.6) is 11.5 Å². The average Bonchev–Trinajstić information content (AvgIpc) is 2.93. The van der Waals surface area contributed by atoms with Gasteiger partial charge >= 0.3 is 0 Å². The van der Waals surface area contributed by atoms with E-state index in [4.69, 9.17) is 28.4 Å². The normalized spacial score (nSPS) is 34.2. The van der Waals surface area contributed by atoms with Crippen LogP contribution < -0.4 is 14.8 Å². The monoisotopic (exact) mass is 578 g/mol. The number of nitro benzene ring substituents is 1. The summed E-state index contributed by atoms with van der Waals surface area (Å²) in [6, 6.07) is 1.10. The molecule has 0 bridgehead atoms. The number of aliphatic hydroxyl groups is 6. The van der Waals surface area contributed by atoms with E-state index in [0.717, 1.165) is 13.0 Å². The summed E-state index contributed by atoms with van der Waals surface area (Å²) in [4.78, 5) is 22.9. The topological polar surface area (TPSA) is 249 Å². The van der Waals surface area contributed by atoms with Crippen molar-refractivity contribution in [2.75, 3.05) is 27.4 Å². The fourth-order valence-electron chi connectivity index (χ4n) is 4.47. The Morgan fingerprint density at radius 2 is 1.55 bits per heavy atom. The molecule has 0 radical (unpaired) electrons. The lowest BCUT2D eigenvalue weighted by Crippen LogP contribution is -2.67. The molecule has 2 heterocycles. The maximum absolute atomic E-state index is 11.9. The summed E-state index contributed by atoms with van der Waals surface area (Å²) in [5.74, 6) is -0.338. The van der Waals surface area contributed by atoms with Crippen molar-refractivity contribution in [1.29, 1.82) is 0 Å². The summed E-state index contributed by atoms with van der Waals surface area (Å²) in [5.41, 5.74) is -0.324. The van der Waals surface area contributed by atoms with E-state index in [9.17, 15) is 45.5 Å². The zero-order chi connectivity index (χ0) is 29.7. The first-order chi connectivity index (χ1) is 19.0. The zero-order valence-electron chi connectivity index (χ0n) is 21.9. The molecule has 17 heteroatoms. The summed E-state index contributed by atoms with van der Waals surface area (Å²) in [5, 5.41) is 75.0. The van der Waals surface area contributed by atoms with Crippen LogP contribution in [0.3, 0.4) is 0 Å². The lowest BCUT2D eigenvalue weighted by molar-refractivity contribution is -0.386. The third-order valence-corrected chi connectivity index (χ3v) is 6.55. The predicted octanol–water partition coefficient (Wildman–Crippen LogP) is -3.10. The van der Waals surface area contributed by atoms with Gasteiger partial charge in [0.2, 0.25) is 5.91 Å². The van der Waals surface area contributed by atoms with Gasteiger partial charge in [-0.2, -0.15) is 0 Å². The molecular formula is C23H34N2O15. The first-order valence-electron chi connectivity index (χ1n) is 12.2. The smallest absolute Gasteiger partial charge is 0.278 e. The molecule has 17 nitrogen and oxygen atoms in total. The molecule has 1 amide bonds. The van der Waals surface area contributed by atoms with Crippen LogP contribution in [-0.2, 0) is 30.3 Å². The molecular weight excluding hydrogens is 544 g/mol. The van der Waals surface area contributed by atoms with Gasteiger partial charge < -0.3 is 64.4 Å². The number of benzene rings is 1. The largest absolute Gasteiger partial charge is 0.493 e. The number of rotatable bonds is 11. The summed E-state index contributed by atoms with van der Waals surface area (Å²) >= 11 is 0. The number of nitrogens with zero attached hydrogens (tertiary/aromatic N) is 1. The minimum absolute atomic E-state index is 0.0440. The van der Waals surface area contributed by atoms with E-state index >= 15 is 0 Å². The van der Waals surface area contributed by atoms with E-state index < -0.39 is 92.0 Å². The number of nitrogens with one attached hydrogen (secondary N) is 1. The SMILES string of the molecule is COc1cc(CO[C@@H]2O[C@H](CO)[C@@H](O[C@@H]3O[C@H](CO)[C@H](O)[C@H](O)[C@H]3O)[C@H](O)[C@H]2NC(C)=O)c([N+](=O)[O-])cc1OC. The highest BCUT2D eigenvalue weighted by Crippen LogP contribution is 2.36. The standard InChI is InChI=1S/C23H34N2O15/c1-9(28)24-16-18(30)21(40-23-20(32)19(31)17(29)14(6-26)38-23)15(7-27)39-22(16)37-8-10-4-12(35-2)13(36-3)5-11(10)25(33)34/h4-5,14-23,26-27,29-32H,6-8H2,1-3H3,(H,24,28)/t14-,15-,16-,17+,18-,19+,20-,21-,22-,23+/m1/s1.